The van der Waals surface area contributed by atoms with Crippen LogP contribution in [0.4, 0.5) is 37.7 Å². The Kier molecular flexibility index (Phi) is 10.5. The number of nitrogens with one attached hydrogen (secondary N) is 1. The predicted octanol–water partition coefficient (Wildman–Crippen LogP) is 6.81. The maximum Gasteiger partial charge on any atom is 0.416 e. The number of sulfonamides is 1. The zero-order valence-corrected chi connectivity index (χ0v) is 25.7. The SMILES string of the molecule is CCOc1cc(Oc2ccc(C(F)(F)F)cc2Cl)ccc1[N+](=O)[O-].COc1ncc(F)c2nc(S(=O)(=O)Nc3c(F)cccc3F)nn12. The average molecular weight is 721 g/mol. The van der Waals surface area contributed by atoms with Crippen LogP contribution < -0.4 is 18.9 Å². The molecule has 2 heterocycles. The topological polar surface area (TPSA) is 160 Å². The van der Waals surface area contributed by atoms with Crippen LogP contribution in [0.1, 0.15) is 12.5 Å². The van der Waals surface area contributed by atoms with Crippen LogP contribution in [-0.2, 0) is 16.2 Å². The molecule has 48 heavy (non-hydrogen) atoms. The van der Waals surface area contributed by atoms with Crippen molar-refractivity contribution in [3.8, 4) is 23.3 Å². The van der Waals surface area contributed by atoms with Gasteiger partial charge in [-0.1, -0.05) is 17.7 Å². The lowest BCUT2D eigenvalue weighted by molar-refractivity contribution is -0.385. The predicted molar refractivity (Wildman–Crippen MR) is 155 cm³/mol. The summed E-state index contributed by atoms with van der Waals surface area (Å²) in [5.74, 6) is -3.10. The summed E-state index contributed by atoms with van der Waals surface area (Å²) in [6, 6.07) is 8.97. The number of fused-ring (bicyclic) bond motifs is 1. The Bertz CT molecular complexity index is 2080. The second-order valence-corrected chi connectivity index (χ2v) is 11.0. The number of ether oxygens (including phenoxy) is 3. The number of hydrogen-bond acceptors (Lipinski definition) is 10. The maximum absolute atomic E-state index is 13.7. The van der Waals surface area contributed by atoms with Crippen molar-refractivity contribution < 1.29 is 53.9 Å². The van der Waals surface area contributed by atoms with Gasteiger partial charge in [-0.25, -0.2) is 18.2 Å². The minimum atomic E-state index is -4.58. The molecule has 5 rings (SSSR count). The number of hydrogen-bond donors (Lipinski definition) is 1. The third kappa shape index (κ3) is 7.94. The molecule has 1 N–H and O–H groups in total. The average Bonchev–Trinajstić information content (AvgIpc) is 3.48. The molecule has 3 aromatic carbocycles. The van der Waals surface area contributed by atoms with E-state index in [0.29, 0.717) is 4.52 Å². The fourth-order valence-corrected chi connectivity index (χ4v) is 4.87. The highest BCUT2D eigenvalue weighted by Gasteiger charge is 2.31. The van der Waals surface area contributed by atoms with Gasteiger partial charge < -0.3 is 14.2 Å². The third-order valence-electron chi connectivity index (χ3n) is 5.81. The van der Waals surface area contributed by atoms with E-state index in [1.54, 1.807) is 11.6 Å². The monoisotopic (exact) mass is 720 g/mol. The van der Waals surface area contributed by atoms with E-state index >= 15 is 0 Å². The number of rotatable bonds is 9. The van der Waals surface area contributed by atoms with Gasteiger partial charge in [0.1, 0.15) is 28.8 Å². The van der Waals surface area contributed by atoms with Crippen molar-refractivity contribution in [1.82, 2.24) is 19.6 Å². The van der Waals surface area contributed by atoms with E-state index in [2.05, 4.69) is 15.1 Å². The summed E-state index contributed by atoms with van der Waals surface area (Å²) in [7, 11) is -3.37. The molecule has 0 aliphatic rings. The fourth-order valence-electron chi connectivity index (χ4n) is 3.70. The van der Waals surface area contributed by atoms with E-state index in [-0.39, 0.29) is 40.6 Å². The molecule has 0 spiro atoms. The number of anilines is 1. The molecule has 5 aromatic rings. The van der Waals surface area contributed by atoms with Gasteiger partial charge in [0.15, 0.2) is 11.5 Å². The molecule has 0 amide bonds. The van der Waals surface area contributed by atoms with E-state index in [1.165, 1.54) is 25.3 Å². The summed E-state index contributed by atoms with van der Waals surface area (Å²) >= 11 is 5.80. The molecule has 0 aliphatic carbocycles. The zero-order valence-electron chi connectivity index (χ0n) is 24.1. The van der Waals surface area contributed by atoms with Gasteiger partial charge in [-0.2, -0.15) is 31.1 Å². The van der Waals surface area contributed by atoms with Gasteiger partial charge >= 0.3 is 17.9 Å². The number of halogens is 7. The van der Waals surface area contributed by atoms with Crippen LogP contribution in [0.25, 0.3) is 5.65 Å². The quantitative estimate of drug-likeness (QED) is 0.0974. The van der Waals surface area contributed by atoms with Crippen LogP contribution in [0.5, 0.6) is 23.3 Å². The van der Waals surface area contributed by atoms with Gasteiger partial charge in [0.2, 0.25) is 5.75 Å². The normalized spacial score (nSPS) is 11.4. The Hall–Kier alpha value is -5.37. The number of nitro benzene ring substituents is 1. The van der Waals surface area contributed by atoms with Gasteiger partial charge in [0.25, 0.3) is 15.2 Å². The molecule has 0 bridgehead atoms. The molecule has 0 saturated carbocycles. The Morgan fingerprint density at radius 3 is 2.29 bits per heavy atom. The molecule has 254 valence electrons. The lowest BCUT2D eigenvalue weighted by Crippen LogP contribution is -2.16. The summed E-state index contributed by atoms with van der Waals surface area (Å²) in [5, 5.41) is 13.3. The Morgan fingerprint density at radius 2 is 1.71 bits per heavy atom. The van der Waals surface area contributed by atoms with E-state index in [4.69, 9.17) is 25.8 Å². The number of nitrogens with zero attached hydrogens (tertiary/aromatic N) is 5. The largest absolute Gasteiger partial charge is 0.487 e. The van der Waals surface area contributed by atoms with E-state index < -0.39 is 60.6 Å². The number of benzene rings is 3. The minimum Gasteiger partial charge on any atom is -0.487 e. The molecule has 0 radical (unpaired) electrons. The summed E-state index contributed by atoms with van der Waals surface area (Å²) in [5.41, 5.74) is -2.53. The number of alkyl halides is 3. The number of aromatic nitrogens is 4. The molecule has 0 saturated heterocycles. The molecule has 0 unspecified atom stereocenters. The summed E-state index contributed by atoms with van der Waals surface area (Å²) in [4.78, 5) is 17.4. The van der Waals surface area contributed by atoms with Crippen molar-refractivity contribution in [1.29, 1.82) is 0 Å². The van der Waals surface area contributed by atoms with Crippen LogP contribution in [0.15, 0.2) is 66.0 Å². The maximum atomic E-state index is 13.7. The van der Waals surface area contributed by atoms with Crippen LogP contribution in [-0.4, -0.2) is 46.6 Å². The highest BCUT2D eigenvalue weighted by molar-refractivity contribution is 7.92. The highest BCUT2D eigenvalue weighted by atomic mass is 35.5. The van der Waals surface area contributed by atoms with Crippen LogP contribution >= 0.6 is 11.6 Å². The lowest BCUT2D eigenvalue weighted by atomic mass is 10.2. The van der Waals surface area contributed by atoms with Gasteiger partial charge in [-0.05, 0) is 43.3 Å². The Balaban J connectivity index is 0.000000217. The standard InChI is InChI=1S/C15H11ClF3NO4.C12H8F3N5O3S/c1-2-23-14-8-10(4-5-12(14)20(21)22)24-13-6-3-9(7-11(13)16)15(17,18)19;1-23-12-16-5-8(15)10-17-11(18-20(10)12)24(21,22)19-9-6(13)3-2-4-7(9)14/h3-8H,2H2,1H3;2-5,19H,1H3. The lowest BCUT2D eigenvalue weighted by Gasteiger charge is -2.12. The Labute approximate surface area is 270 Å². The molecule has 2 aromatic heterocycles. The minimum absolute atomic E-state index is 0.0111. The molecule has 0 atom stereocenters. The first-order valence-corrected chi connectivity index (χ1v) is 14.8. The molecule has 0 fully saturated rings. The third-order valence-corrected chi connectivity index (χ3v) is 7.23. The second-order valence-electron chi connectivity index (χ2n) is 8.99. The first-order valence-electron chi connectivity index (χ1n) is 12.9. The summed E-state index contributed by atoms with van der Waals surface area (Å²) in [6.45, 7) is 1.86. The van der Waals surface area contributed by atoms with Gasteiger partial charge in [0.05, 0.1) is 35.4 Å². The molecular formula is C27H19ClF6N6O7S. The number of para-hydroxylation sites is 1. The molecule has 13 nitrogen and oxygen atoms in total. The van der Waals surface area contributed by atoms with Crippen molar-refractivity contribution in [3.63, 3.8) is 0 Å². The zero-order chi connectivity index (χ0) is 35.4. The van der Waals surface area contributed by atoms with Crippen molar-refractivity contribution in [2.75, 3.05) is 18.4 Å². The van der Waals surface area contributed by atoms with Crippen molar-refractivity contribution in [3.05, 3.63) is 98.9 Å². The first-order chi connectivity index (χ1) is 22.5. The van der Waals surface area contributed by atoms with E-state index in [0.717, 1.165) is 42.6 Å². The molecular weight excluding hydrogens is 702 g/mol. The van der Waals surface area contributed by atoms with Crippen LogP contribution in [0.2, 0.25) is 5.02 Å². The van der Waals surface area contributed by atoms with Gasteiger partial charge in [-0.15, -0.1) is 5.10 Å². The van der Waals surface area contributed by atoms with Crippen molar-refractivity contribution in [2.24, 2.45) is 0 Å². The second kappa shape index (κ2) is 14.2. The fraction of sp³-hybridized carbons (Fsp3) is 0.148. The van der Waals surface area contributed by atoms with E-state index in [9.17, 15) is 44.9 Å². The number of nitro groups is 1. The highest BCUT2D eigenvalue weighted by Crippen LogP contribution is 2.38. The number of methoxy groups -OCH3 is 1. The van der Waals surface area contributed by atoms with Crippen molar-refractivity contribution in [2.45, 2.75) is 18.3 Å². The van der Waals surface area contributed by atoms with Crippen LogP contribution in [0.3, 0.4) is 0 Å². The van der Waals surface area contributed by atoms with E-state index in [1.807, 2.05) is 0 Å². The summed E-state index contributed by atoms with van der Waals surface area (Å²) < 4.78 is 121. The van der Waals surface area contributed by atoms with Crippen molar-refractivity contribution >= 4 is 38.6 Å². The summed E-state index contributed by atoms with van der Waals surface area (Å²) in [6.07, 6.45) is -3.75. The van der Waals surface area contributed by atoms with Crippen LogP contribution in [0, 0.1) is 27.6 Å². The Morgan fingerprint density at radius 1 is 1.02 bits per heavy atom. The molecule has 0 aliphatic heterocycles. The molecule has 21 heteroatoms. The van der Waals surface area contributed by atoms with Gasteiger partial charge in [0, 0.05) is 12.1 Å². The smallest absolute Gasteiger partial charge is 0.416 e. The van der Waals surface area contributed by atoms with Gasteiger partial charge in [-0.3, -0.25) is 14.8 Å². The first kappa shape index (κ1) is 35.5.